The second-order valence-corrected chi connectivity index (χ2v) is 11.1. The Balaban J connectivity index is 1.40. The molecule has 1 aliphatic heterocycles. The zero-order chi connectivity index (χ0) is 27.0. The number of benzene rings is 3. The van der Waals surface area contributed by atoms with Crippen molar-refractivity contribution in [2.24, 2.45) is 0 Å². The molecule has 0 radical (unpaired) electrons. The number of hydrogen-bond acceptors (Lipinski definition) is 6. The highest BCUT2D eigenvalue weighted by atomic mass is 32.2. The Morgan fingerprint density at radius 3 is 2.16 bits per heavy atom. The minimum absolute atomic E-state index is 0.0402. The van der Waals surface area contributed by atoms with Crippen LogP contribution in [0.5, 0.6) is 0 Å². The number of aromatic nitrogens is 1. The molecule has 1 saturated heterocycles. The van der Waals surface area contributed by atoms with Gasteiger partial charge in [0.05, 0.1) is 16.0 Å². The molecule has 0 aliphatic carbocycles. The zero-order valence-corrected chi connectivity index (χ0v) is 21.8. The lowest BCUT2D eigenvalue weighted by Crippen LogP contribution is -2.46. The van der Waals surface area contributed by atoms with E-state index in [-0.39, 0.29) is 22.0 Å². The number of pyridine rings is 1. The highest BCUT2D eigenvalue weighted by Crippen LogP contribution is 2.29. The summed E-state index contributed by atoms with van der Waals surface area (Å²) in [4.78, 5) is 21.2. The van der Waals surface area contributed by atoms with E-state index in [4.69, 9.17) is 0 Å². The number of sulfonamides is 1. The number of nitrogens with zero attached hydrogens (tertiary/aromatic N) is 3. The van der Waals surface area contributed by atoms with E-state index in [1.165, 1.54) is 24.3 Å². The lowest BCUT2D eigenvalue weighted by atomic mass is 10.1. The molecule has 1 aliphatic rings. The molecule has 3 aromatic carbocycles. The second-order valence-electron chi connectivity index (χ2n) is 9.44. The summed E-state index contributed by atoms with van der Waals surface area (Å²) in [5.74, 6) is -0.870. The lowest BCUT2D eigenvalue weighted by molar-refractivity contribution is 0.0699. The lowest BCUT2D eigenvalue weighted by Gasteiger charge is -2.37. The molecule has 0 spiro atoms. The third-order valence-corrected chi connectivity index (χ3v) is 7.94. The van der Waals surface area contributed by atoms with E-state index in [2.05, 4.69) is 14.6 Å². The van der Waals surface area contributed by atoms with Gasteiger partial charge in [-0.15, -0.1) is 0 Å². The SMILES string of the molecule is Cc1cc(C)cc(S(=O)(=O)Nc2ccc3nc(N4CCN(c5ccc(F)cc5)CC4)cc(C(=O)O)c3c2)c1. The van der Waals surface area contributed by atoms with Crippen molar-refractivity contribution in [3.63, 3.8) is 0 Å². The van der Waals surface area contributed by atoms with Crippen molar-refractivity contribution in [1.29, 1.82) is 0 Å². The van der Waals surface area contributed by atoms with Crippen LogP contribution in [0.1, 0.15) is 21.5 Å². The summed E-state index contributed by atoms with van der Waals surface area (Å²) in [7, 11) is -3.87. The number of aromatic carboxylic acids is 1. The highest BCUT2D eigenvalue weighted by molar-refractivity contribution is 7.92. The van der Waals surface area contributed by atoms with Gasteiger partial charge in [-0.05, 0) is 85.6 Å². The number of aryl methyl sites for hydroxylation is 2. The van der Waals surface area contributed by atoms with Crippen LogP contribution in [0.4, 0.5) is 21.6 Å². The quantitative estimate of drug-likeness (QED) is 0.366. The second kappa shape index (κ2) is 9.94. The average molecular weight is 535 g/mol. The first-order valence-corrected chi connectivity index (χ1v) is 13.6. The van der Waals surface area contributed by atoms with Gasteiger partial charge in [-0.3, -0.25) is 4.72 Å². The van der Waals surface area contributed by atoms with Crippen LogP contribution in [-0.2, 0) is 10.0 Å². The van der Waals surface area contributed by atoms with Crippen LogP contribution in [0.2, 0.25) is 0 Å². The molecule has 0 unspecified atom stereocenters. The molecule has 1 aromatic heterocycles. The zero-order valence-electron chi connectivity index (χ0n) is 21.0. The van der Waals surface area contributed by atoms with Crippen LogP contribution in [0.15, 0.2) is 71.6 Å². The predicted molar refractivity (Wildman–Crippen MR) is 146 cm³/mol. The number of fused-ring (bicyclic) bond motifs is 1. The fourth-order valence-electron chi connectivity index (χ4n) is 4.76. The topological polar surface area (TPSA) is 103 Å². The van der Waals surface area contributed by atoms with Crippen LogP contribution in [-0.4, -0.2) is 50.7 Å². The third kappa shape index (κ3) is 5.26. The van der Waals surface area contributed by atoms with Crippen molar-refractivity contribution in [1.82, 2.24) is 4.98 Å². The molecule has 2 heterocycles. The Kier molecular flexibility index (Phi) is 6.66. The van der Waals surface area contributed by atoms with Gasteiger partial charge in [0.25, 0.3) is 10.0 Å². The predicted octanol–water partition coefficient (Wildman–Crippen LogP) is 4.82. The first-order valence-electron chi connectivity index (χ1n) is 12.1. The highest BCUT2D eigenvalue weighted by Gasteiger charge is 2.22. The van der Waals surface area contributed by atoms with E-state index in [0.717, 1.165) is 16.8 Å². The Morgan fingerprint density at radius 1 is 0.895 bits per heavy atom. The third-order valence-electron chi connectivity index (χ3n) is 6.58. The van der Waals surface area contributed by atoms with E-state index in [9.17, 15) is 22.7 Å². The smallest absolute Gasteiger partial charge is 0.336 e. The van der Waals surface area contributed by atoms with Gasteiger partial charge in [-0.1, -0.05) is 6.07 Å². The van der Waals surface area contributed by atoms with E-state index in [1.54, 1.807) is 36.4 Å². The minimum Gasteiger partial charge on any atom is -0.478 e. The molecule has 4 aromatic rings. The van der Waals surface area contributed by atoms with E-state index in [0.29, 0.717) is 42.9 Å². The summed E-state index contributed by atoms with van der Waals surface area (Å²) in [6.45, 7) is 6.23. The summed E-state index contributed by atoms with van der Waals surface area (Å²) < 4.78 is 41.8. The molecule has 8 nitrogen and oxygen atoms in total. The summed E-state index contributed by atoms with van der Waals surface area (Å²) in [5.41, 5.74) is 3.33. The number of carbonyl (C=O) groups is 1. The summed E-state index contributed by atoms with van der Waals surface area (Å²) in [5, 5.41) is 10.3. The molecule has 2 N–H and O–H groups in total. The largest absolute Gasteiger partial charge is 0.478 e. The molecule has 5 rings (SSSR count). The van der Waals surface area contributed by atoms with Gasteiger partial charge in [-0.2, -0.15) is 0 Å². The van der Waals surface area contributed by atoms with Crippen molar-refractivity contribution in [2.45, 2.75) is 18.7 Å². The molecule has 196 valence electrons. The van der Waals surface area contributed by atoms with Crippen molar-refractivity contribution < 1.29 is 22.7 Å². The summed E-state index contributed by atoms with van der Waals surface area (Å²) in [6.07, 6.45) is 0. The summed E-state index contributed by atoms with van der Waals surface area (Å²) >= 11 is 0. The maximum Gasteiger partial charge on any atom is 0.336 e. The van der Waals surface area contributed by atoms with Crippen LogP contribution in [0.3, 0.4) is 0 Å². The monoisotopic (exact) mass is 534 g/mol. The molecular weight excluding hydrogens is 507 g/mol. The number of rotatable bonds is 6. The van der Waals surface area contributed by atoms with E-state index >= 15 is 0 Å². The number of anilines is 3. The van der Waals surface area contributed by atoms with Crippen molar-refractivity contribution in [2.75, 3.05) is 40.7 Å². The van der Waals surface area contributed by atoms with Crippen LogP contribution < -0.4 is 14.5 Å². The number of nitrogens with one attached hydrogen (secondary N) is 1. The Morgan fingerprint density at radius 2 is 1.53 bits per heavy atom. The first kappa shape index (κ1) is 25.5. The average Bonchev–Trinajstić information content (AvgIpc) is 2.88. The summed E-state index contributed by atoms with van der Waals surface area (Å²) in [6, 6.07) is 17.6. The fraction of sp³-hybridized carbons (Fsp3) is 0.214. The van der Waals surface area contributed by atoms with E-state index < -0.39 is 16.0 Å². The fourth-order valence-corrected chi connectivity index (χ4v) is 6.00. The number of hydrogen-bond donors (Lipinski definition) is 2. The number of carboxylic acids is 1. The maximum atomic E-state index is 13.3. The number of carboxylic acid groups (broad SMARTS) is 1. The van der Waals surface area contributed by atoms with Gasteiger partial charge in [0, 0.05) is 42.9 Å². The van der Waals surface area contributed by atoms with Crippen molar-refractivity contribution in [3.05, 3.63) is 89.2 Å². The van der Waals surface area contributed by atoms with Crippen molar-refractivity contribution >= 4 is 44.1 Å². The maximum absolute atomic E-state index is 13.3. The minimum atomic E-state index is -3.87. The Hall–Kier alpha value is -4.18. The van der Waals surface area contributed by atoms with Crippen LogP contribution in [0.25, 0.3) is 10.9 Å². The standard InChI is InChI=1S/C28H27FN4O4S/c1-18-13-19(2)15-23(14-18)38(36,37)31-21-5-8-26-24(16-21)25(28(34)35)17-27(30-26)33-11-9-32(10-12-33)22-6-3-20(29)4-7-22/h3-8,13-17,31H,9-12H2,1-2H3,(H,34,35). The van der Waals surface area contributed by atoms with Gasteiger partial charge in [0.15, 0.2) is 0 Å². The van der Waals surface area contributed by atoms with Crippen molar-refractivity contribution in [3.8, 4) is 0 Å². The molecule has 0 atom stereocenters. The van der Waals surface area contributed by atoms with Crippen LogP contribution >= 0.6 is 0 Å². The molecular formula is C28H27FN4O4S. The normalized spacial score (nSPS) is 14.1. The van der Waals surface area contributed by atoms with Gasteiger partial charge in [0.2, 0.25) is 0 Å². The first-order chi connectivity index (χ1) is 18.1. The van der Waals surface area contributed by atoms with Crippen LogP contribution in [0, 0.1) is 19.7 Å². The molecule has 0 amide bonds. The molecule has 1 fully saturated rings. The molecule has 0 bridgehead atoms. The van der Waals surface area contributed by atoms with E-state index in [1.807, 2.05) is 24.8 Å². The van der Waals surface area contributed by atoms with Gasteiger partial charge >= 0.3 is 5.97 Å². The van der Waals surface area contributed by atoms with Gasteiger partial charge < -0.3 is 14.9 Å². The van der Waals surface area contributed by atoms with Gasteiger partial charge in [0.1, 0.15) is 11.6 Å². The Bertz CT molecular complexity index is 1610. The van der Waals surface area contributed by atoms with Gasteiger partial charge in [-0.25, -0.2) is 22.6 Å². The Labute approximate surface area is 220 Å². The number of piperazine rings is 1. The number of halogens is 1. The molecule has 0 saturated carbocycles. The molecule has 10 heteroatoms. The molecule has 38 heavy (non-hydrogen) atoms.